The maximum absolute atomic E-state index is 16.4. The van der Waals surface area contributed by atoms with Crippen molar-refractivity contribution in [3.8, 4) is 0 Å². The van der Waals surface area contributed by atoms with Gasteiger partial charge < -0.3 is 4.84 Å². The third-order valence-corrected chi connectivity index (χ3v) is 4.92. The van der Waals surface area contributed by atoms with Crippen molar-refractivity contribution in [1.29, 1.82) is 0 Å². The summed E-state index contributed by atoms with van der Waals surface area (Å²) in [5.74, 6) is -2.64. The van der Waals surface area contributed by atoms with Crippen molar-refractivity contribution in [1.82, 2.24) is 0 Å². The molecule has 1 heterocycles. The molecule has 0 spiro atoms. The zero-order chi connectivity index (χ0) is 19.7. The Bertz CT molecular complexity index is 1090. The van der Waals surface area contributed by atoms with Gasteiger partial charge in [-0.2, -0.15) is 0 Å². The zero-order valence-corrected chi connectivity index (χ0v) is 14.6. The lowest BCUT2D eigenvalue weighted by atomic mass is 9.77. The van der Waals surface area contributed by atoms with Crippen LogP contribution >= 0.6 is 0 Å². The van der Waals surface area contributed by atoms with Crippen molar-refractivity contribution in [2.75, 3.05) is 6.54 Å². The van der Waals surface area contributed by atoms with Gasteiger partial charge in [0.1, 0.15) is 11.6 Å². The lowest BCUT2D eigenvalue weighted by Gasteiger charge is -2.26. The lowest BCUT2D eigenvalue weighted by Crippen LogP contribution is -2.47. The number of hydrogen-bond acceptors (Lipinski definition) is 5. The Kier molecular flexibility index (Phi) is 4.35. The van der Waals surface area contributed by atoms with Gasteiger partial charge in [-0.15, -0.1) is 0 Å². The summed E-state index contributed by atoms with van der Waals surface area (Å²) < 4.78 is 16.4. The second-order valence-corrected chi connectivity index (χ2v) is 6.53. The van der Waals surface area contributed by atoms with E-state index < -0.39 is 29.0 Å². The van der Waals surface area contributed by atoms with Crippen LogP contribution in [0.4, 0.5) is 4.39 Å². The van der Waals surface area contributed by atoms with Gasteiger partial charge in [-0.1, -0.05) is 78.0 Å². The highest BCUT2D eigenvalue weighted by molar-refractivity contribution is 6.21. The number of fused-ring (bicyclic) bond motifs is 1. The summed E-state index contributed by atoms with van der Waals surface area (Å²) in [7, 11) is 0. The van der Waals surface area contributed by atoms with E-state index in [1.807, 2.05) is 18.2 Å². The van der Waals surface area contributed by atoms with Crippen LogP contribution < -0.4 is 0 Å². The zero-order valence-electron chi connectivity index (χ0n) is 14.6. The van der Waals surface area contributed by atoms with Crippen LogP contribution in [0.2, 0.25) is 0 Å². The molecule has 0 bridgehead atoms. The molecule has 1 aliphatic rings. The summed E-state index contributed by atoms with van der Waals surface area (Å²) in [5, 5.41) is 16.5. The number of carbonyl (C=O) groups excluding carboxylic acids is 1. The Morgan fingerprint density at radius 2 is 1.71 bits per heavy atom. The van der Waals surface area contributed by atoms with Crippen molar-refractivity contribution >= 4 is 22.5 Å². The molecule has 2 atom stereocenters. The number of hydrogen-bond donors (Lipinski definition) is 0. The van der Waals surface area contributed by atoms with E-state index in [9.17, 15) is 14.9 Å². The molecule has 0 aromatic heterocycles. The molecule has 0 amide bonds. The van der Waals surface area contributed by atoms with Crippen molar-refractivity contribution < 1.29 is 18.9 Å². The Labute approximate surface area is 159 Å². The Balaban J connectivity index is 1.93. The molecule has 0 aliphatic carbocycles. The minimum absolute atomic E-state index is 0.252. The summed E-state index contributed by atoms with van der Waals surface area (Å²) in [6.45, 7) is -0.786. The van der Waals surface area contributed by atoms with Crippen molar-refractivity contribution in [3.63, 3.8) is 0 Å². The number of oxime groups is 1. The van der Waals surface area contributed by atoms with Crippen molar-refractivity contribution in [3.05, 3.63) is 94.0 Å². The van der Waals surface area contributed by atoms with Crippen LogP contribution in [0.25, 0.3) is 10.8 Å². The summed E-state index contributed by atoms with van der Waals surface area (Å²) >= 11 is 0. The average molecular weight is 378 g/mol. The normalized spacial score (nSPS) is 19.9. The molecular formula is C21H15FN2O4. The van der Waals surface area contributed by atoms with E-state index in [2.05, 4.69) is 9.99 Å². The predicted octanol–water partition coefficient (Wildman–Crippen LogP) is 3.87. The largest absolute Gasteiger partial charge is 0.379 e. The number of halogens is 1. The second-order valence-electron chi connectivity index (χ2n) is 6.53. The molecule has 140 valence electrons. The molecule has 0 unspecified atom stereocenters. The lowest BCUT2D eigenvalue weighted by molar-refractivity contribution is -0.485. The third-order valence-electron chi connectivity index (χ3n) is 4.92. The molecular weight excluding hydrogens is 363 g/mol. The van der Waals surface area contributed by atoms with Crippen LogP contribution in [0.1, 0.15) is 17.0 Å². The van der Waals surface area contributed by atoms with E-state index in [4.69, 9.17) is 0 Å². The Morgan fingerprint density at radius 1 is 1.04 bits per heavy atom. The molecule has 0 radical (unpaired) electrons. The molecule has 4 rings (SSSR count). The van der Waals surface area contributed by atoms with Gasteiger partial charge in [-0.05, 0) is 16.3 Å². The van der Waals surface area contributed by atoms with Gasteiger partial charge in [0.2, 0.25) is 6.54 Å². The van der Waals surface area contributed by atoms with Gasteiger partial charge in [0.25, 0.3) is 5.67 Å². The summed E-state index contributed by atoms with van der Waals surface area (Å²) in [5.41, 5.74) is -2.33. The van der Waals surface area contributed by atoms with Gasteiger partial charge in [-0.3, -0.25) is 10.1 Å². The molecule has 7 heteroatoms. The molecule has 3 aromatic rings. The van der Waals surface area contributed by atoms with E-state index in [1.54, 1.807) is 54.6 Å². The fourth-order valence-electron chi connectivity index (χ4n) is 3.62. The smallest absolute Gasteiger partial charge is 0.314 e. The van der Waals surface area contributed by atoms with E-state index in [0.29, 0.717) is 16.5 Å². The highest BCUT2D eigenvalue weighted by atomic mass is 19.1. The van der Waals surface area contributed by atoms with E-state index >= 15 is 4.39 Å². The first-order valence-corrected chi connectivity index (χ1v) is 8.65. The number of benzene rings is 3. The van der Waals surface area contributed by atoms with Crippen LogP contribution in [0.15, 0.2) is 78.0 Å². The molecule has 0 N–H and O–H groups in total. The van der Waals surface area contributed by atoms with Gasteiger partial charge in [0, 0.05) is 10.5 Å². The van der Waals surface area contributed by atoms with Gasteiger partial charge in [-0.25, -0.2) is 9.18 Å². The molecule has 0 saturated carbocycles. The van der Waals surface area contributed by atoms with Crippen LogP contribution in [0, 0.1) is 10.1 Å². The molecule has 0 fully saturated rings. The molecule has 3 aromatic carbocycles. The second kappa shape index (κ2) is 6.84. The highest BCUT2D eigenvalue weighted by Gasteiger charge is 2.59. The summed E-state index contributed by atoms with van der Waals surface area (Å²) in [6, 6.07) is 20.5. The van der Waals surface area contributed by atoms with E-state index in [1.165, 1.54) is 0 Å². The number of nitrogens with zero attached hydrogens (tertiary/aromatic N) is 2. The molecule has 0 saturated heterocycles. The Morgan fingerprint density at radius 3 is 2.46 bits per heavy atom. The average Bonchev–Trinajstić information content (AvgIpc) is 3.02. The third kappa shape index (κ3) is 2.81. The fraction of sp³-hybridized carbons (Fsp3) is 0.143. The topological polar surface area (TPSA) is 81.8 Å². The number of alkyl halides is 1. The van der Waals surface area contributed by atoms with Crippen molar-refractivity contribution in [2.45, 2.75) is 11.6 Å². The summed E-state index contributed by atoms with van der Waals surface area (Å²) in [4.78, 5) is 28.0. The maximum Gasteiger partial charge on any atom is 0.379 e. The standard InChI is InChI=1S/C21H15FN2O4/c22-21(19(23-28-20(21)25)15-8-2-1-3-9-15)18(13-24(26)27)17-12-6-10-14-7-4-5-11-16(14)17/h1-12,18H,13H2/t18-,21+/m1/s1. The maximum atomic E-state index is 16.4. The highest BCUT2D eigenvalue weighted by Crippen LogP contribution is 2.42. The van der Waals surface area contributed by atoms with E-state index in [0.717, 1.165) is 5.39 Å². The van der Waals surface area contributed by atoms with Crippen LogP contribution in [-0.4, -0.2) is 28.8 Å². The molecule has 6 nitrogen and oxygen atoms in total. The van der Waals surface area contributed by atoms with Crippen LogP contribution in [0.3, 0.4) is 0 Å². The Hall–Kier alpha value is -3.61. The van der Waals surface area contributed by atoms with Crippen LogP contribution in [0.5, 0.6) is 0 Å². The first kappa shape index (κ1) is 17.8. The predicted molar refractivity (Wildman–Crippen MR) is 101 cm³/mol. The number of nitro groups is 1. The van der Waals surface area contributed by atoms with E-state index in [-0.39, 0.29) is 5.71 Å². The molecule has 1 aliphatic heterocycles. The summed E-state index contributed by atoms with van der Waals surface area (Å²) in [6.07, 6.45) is 0. The van der Waals surface area contributed by atoms with Gasteiger partial charge >= 0.3 is 5.97 Å². The monoisotopic (exact) mass is 378 g/mol. The fourth-order valence-corrected chi connectivity index (χ4v) is 3.62. The van der Waals surface area contributed by atoms with Gasteiger partial charge in [0.05, 0.1) is 0 Å². The molecule has 28 heavy (non-hydrogen) atoms. The SMILES string of the molecule is O=C1ON=C(c2ccccc2)[C@@]1(F)[C@H](C[N+](=O)[O-])c1cccc2ccccc12. The van der Waals surface area contributed by atoms with Crippen LogP contribution in [-0.2, 0) is 9.63 Å². The quantitative estimate of drug-likeness (QED) is 0.383. The van der Waals surface area contributed by atoms with Gasteiger partial charge in [0.15, 0.2) is 0 Å². The van der Waals surface area contributed by atoms with Crippen molar-refractivity contribution in [2.24, 2.45) is 5.16 Å². The minimum atomic E-state index is -2.78. The number of carbonyl (C=O) groups is 1. The minimum Gasteiger partial charge on any atom is -0.314 e. The first-order valence-electron chi connectivity index (χ1n) is 8.65. The number of rotatable bonds is 5. The first-order chi connectivity index (χ1) is 13.5.